The Bertz CT molecular complexity index is 515. The molecule has 2 rings (SSSR count). The molecule has 0 fully saturated rings. The fourth-order valence-electron chi connectivity index (χ4n) is 1.67. The minimum atomic E-state index is 0.781. The lowest BCUT2D eigenvalue weighted by molar-refractivity contribution is 1.44. The van der Waals surface area contributed by atoms with E-state index >= 15 is 0 Å². The van der Waals surface area contributed by atoms with Crippen molar-refractivity contribution in [3.8, 4) is 11.1 Å². The lowest BCUT2D eigenvalue weighted by Gasteiger charge is -2.10. The van der Waals surface area contributed by atoms with Gasteiger partial charge in [0.15, 0.2) is 0 Å². The third-order valence-electron chi connectivity index (χ3n) is 2.42. The fourth-order valence-corrected chi connectivity index (χ4v) is 3.23. The Morgan fingerprint density at radius 2 is 1.81 bits per heavy atom. The molecule has 0 saturated heterocycles. The molecule has 16 heavy (non-hydrogen) atoms. The second-order valence-corrected chi connectivity index (χ2v) is 5.73. The van der Waals surface area contributed by atoms with Gasteiger partial charge in [-0.15, -0.1) is 0 Å². The molecule has 0 amide bonds. The molecule has 0 spiro atoms. The Balaban J connectivity index is 2.68. The van der Waals surface area contributed by atoms with Crippen LogP contribution < -0.4 is 0 Å². The first-order chi connectivity index (χ1) is 7.59. The lowest BCUT2D eigenvalue weighted by Crippen LogP contribution is -1.86. The zero-order valence-electron chi connectivity index (χ0n) is 8.60. The molecule has 0 aliphatic heterocycles. The van der Waals surface area contributed by atoms with Crippen LogP contribution in [0.1, 0.15) is 5.56 Å². The zero-order chi connectivity index (χ0) is 11.7. The molecule has 0 aliphatic carbocycles. The number of hydrogen-bond donors (Lipinski definition) is 0. The number of rotatable bonds is 1. The Morgan fingerprint density at radius 1 is 1.06 bits per heavy atom. The van der Waals surface area contributed by atoms with Crippen molar-refractivity contribution in [2.75, 3.05) is 0 Å². The van der Waals surface area contributed by atoms with E-state index < -0.39 is 0 Å². The highest BCUT2D eigenvalue weighted by atomic mass is 79.9. The summed E-state index contributed by atoms with van der Waals surface area (Å²) < 4.78 is 2.09. The van der Waals surface area contributed by atoms with Crippen LogP contribution in [0.15, 0.2) is 45.3 Å². The van der Waals surface area contributed by atoms with Gasteiger partial charge in [0.25, 0.3) is 0 Å². The molecule has 0 N–H and O–H groups in total. The third kappa shape index (κ3) is 2.34. The standard InChI is InChI=1S/C13H9Br2Cl/c1-8-3-2-4-12(16)13(8)10-6-5-9(14)7-11(10)15/h2-7H,1H3. The van der Waals surface area contributed by atoms with Gasteiger partial charge in [-0.05, 0) is 36.2 Å². The van der Waals surface area contributed by atoms with Gasteiger partial charge < -0.3 is 0 Å². The van der Waals surface area contributed by atoms with Crippen molar-refractivity contribution in [2.24, 2.45) is 0 Å². The average Bonchev–Trinajstić information content (AvgIpc) is 2.20. The molecule has 82 valence electrons. The van der Waals surface area contributed by atoms with E-state index in [0.717, 1.165) is 25.1 Å². The maximum atomic E-state index is 6.24. The molecule has 0 unspecified atom stereocenters. The number of aryl methyl sites for hydroxylation is 1. The monoisotopic (exact) mass is 358 g/mol. The van der Waals surface area contributed by atoms with Gasteiger partial charge >= 0.3 is 0 Å². The van der Waals surface area contributed by atoms with Crippen LogP contribution in [-0.2, 0) is 0 Å². The topological polar surface area (TPSA) is 0 Å². The summed E-state index contributed by atoms with van der Waals surface area (Å²) in [4.78, 5) is 0. The van der Waals surface area contributed by atoms with Gasteiger partial charge in [-0.1, -0.05) is 61.7 Å². The summed E-state index contributed by atoms with van der Waals surface area (Å²) in [6, 6.07) is 12.0. The van der Waals surface area contributed by atoms with Gasteiger partial charge in [0.2, 0.25) is 0 Å². The Morgan fingerprint density at radius 3 is 2.44 bits per heavy atom. The normalized spacial score (nSPS) is 10.5. The molecule has 0 heterocycles. The van der Waals surface area contributed by atoms with E-state index in [1.165, 1.54) is 5.56 Å². The second kappa shape index (κ2) is 4.91. The van der Waals surface area contributed by atoms with Gasteiger partial charge in [-0.3, -0.25) is 0 Å². The highest BCUT2D eigenvalue weighted by Gasteiger charge is 2.09. The zero-order valence-corrected chi connectivity index (χ0v) is 12.5. The molecular weight excluding hydrogens is 351 g/mol. The van der Waals surface area contributed by atoms with Crippen LogP contribution in [0.3, 0.4) is 0 Å². The summed E-state index contributed by atoms with van der Waals surface area (Å²) in [5, 5.41) is 0.781. The first kappa shape index (κ1) is 12.2. The van der Waals surface area contributed by atoms with Gasteiger partial charge in [0.05, 0.1) is 0 Å². The molecule has 0 aliphatic rings. The van der Waals surface area contributed by atoms with Crippen molar-refractivity contribution in [3.63, 3.8) is 0 Å². The average molecular weight is 360 g/mol. The van der Waals surface area contributed by atoms with Crippen LogP contribution in [0.25, 0.3) is 11.1 Å². The maximum Gasteiger partial charge on any atom is 0.0487 e. The van der Waals surface area contributed by atoms with Crippen molar-refractivity contribution in [1.29, 1.82) is 0 Å². The Kier molecular flexibility index (Phi) is 3.73. The molecule has 0 nitrogen and oxygen atoms in total. The third-order valence-corrected chi connectivity index (χ3v) is 3.89. The molecule has 2 aromatic carbocycles. The molecule has 0 radical (unpaired) electrons. The molecule has 0 bridgehead atoms. The minimum absolute atomic E-state index is 0.781. The highest BCUT2D eigenvalue weighted by molar-refractivity contribution is 9.11. The van der Waals surface area contributed by atoms with Crippen molar-refractivity contribution >= 4 is 43.5 Å². The molecule has 0 saturated carbocycles. The summed E-state index contributed by atoms with van der Waals surface area (Å²) in [6.07, 6.45) is 0. The SMILES string of the molecule is Cc1cccc(Cl)c1-c1ccc(Br)cc1Br. The van der Waals surface area contributed by atoms with Crippen LogP contribution in [0, 0.1) is 6.92 Å². The lowest BCUT2D eigenvalue weighted by atomic mass is 10.0. The van der Waals surface area contributed by atoms with E-state index in [2.05, 4.69) is 50.9 Å². The van der Waals surface area contributed by atoms with Crippen molar-refractivity contribution in [2.45, 2.75) is 6.92 Å². The van der Waals surface area contributed by atoms with Crippen molar-refractivity contribution in [3.05, 3.63) is 55.9 Å². The summed E-state index contributed by atoms with van der Waals surface area (Å²) >= 11 is 13.2. The maximum absolute atomic E-state index is 6.24. The Hall–Kier alpha value is -0.310. The van der Waals surface area contributed by atoms with Crippen LogP contribution in [-0.4, -0.2) is 0 Å². The van der Waals surface area contributed by atoms with E-state index in [1.807, 2.05) is 24.3 Å². The van der Waals surface area contributed by atoms with Crippen molar-refractivity contribution < 1.29 is 0 Å². The first-order valence-electron chi connectivity index (χ1n) is 4.80. The number of benzene rings is 2. The molecule has 0 aromatic heterocycles. The van der Waals surface area contributed by atoms with E-state index in [-0.39, 0.29) is 0 Å². The first-order valence-corrected chi connectivity index (χ1v) is 6.76. The van der Waals surface area contributed by atoms with Crippen LogP contribution >= 0.6 is 43.5 Å². The number of halogens is 3. The Labute approximate surface area is 117 Å². The van der Waals surface area contributed by atoms with Crippen molar-refractivity contribution in [1.82, 2.24) is 0 Å². The van der Waals surface area contributed by atoms with Gasteiger partial charge in [-0.2, -0.15) is 0 Å². The van der Waals surface area contributed by atoms with Crippen LogP contribution in [0.4, 0.5) is 0 Å². The van der Waals surface area contributed by atoms with E-state index in [4.69, 9.17) is 11.6 Å². The smallest absolute Gasteiger partial charge is 0.0487 e. The van der Waals surface area contributed by atoms with Gasteiger partial charge in [0, 0.05) is 19.5 Å². The molecule has 2 aromatic rings. The van der Waals surface area contributed by atoms with E-state index in [9.17, 15) is 0 Å². The minimum Gasteiger partial charge on any atom is -0.0837 e. The van der Waals surface area contributed by atoms with E-state index in [1.54, 1.807) is 0 Å². The molecular formula is C13H9Br2Cl. The largest absolute Gasteiger partial charge is 0.0837 e. The van der Waals surface area contributed by atoms with E-state index in [0.29, 0.717) is 0 Å². The van der Waals surface area contributed by atoms with Gasteiger partial charge in [0.1, 0.15) is 0 Å². The fraction of sp³-hybridized carbons (Fsp3) is 0.0769. The summed E-state index contributed by atoms with van der Waals surface area (Å²) in [5.74, 6) is 0. The summed E-state index contributed by atoms with van der Waals surface area (Å²) in [7, 11) is 0. The highest BCUT2D eigenvalue weighted by Crippen LogP contribution is 2.36. The quantitative estimate of drug-likeness (QED) is 0.599. The number of hydrogen-bond acceptors (Lipinski definition) is 0. The predicted octanol–water partition coefficient (Wildman–Crippen LogP) is 5.84. The second-order valence-electron chi connectivity index (χ2n) is 3.56. The van der Waals surface area contributed by atoms with Gasteiger partial charge in [-0.25, -0.2) is 0 Å². The van der Waals surface area contributed by atoms with Crippen LogP contribution in [0.5, 0.6) is 0 Å². The summed E-state index contributed by atoms with van der Waals surface area (Å²) in [6.45, 7) is 2.07. The molecule has 3 heteroatoms. The summed E-state index contributed by atoms with van der Waals surface area (Å²) in [5.41, 5.74) is 3.38. The predicted molar refractivity (Wildman–Crippen MR) is 77.0 cm³/mol. The molecule has 0 atom stereocenters. The van der Waals surface area contributed by atoms with Crippen LogP contribution in [0.2, 0.25) is 5.02 Å².